The Labute approximate surface area is 190 Å². The molecule has 0 bridgehead atoms. The molecule has 1 aliphatic rings. The molecule has 0 spiro atoms. The van der Waals surface area contributed by atoms with E-state index in [9.17, 15) is 4.79 Å². The first-order valence-electron chi connectivity index (χ1n) is 11.2. The Morgan fingerprint density at radius 2 is 1.77 bits per heavy atom. The smallest absolute Gasteiger partial charge is 0.303 e. The first-order valence-corrected chi connectivity index (χ1v) is 11.5. The number of halogens is 1. The Morgan fingerprint density at radius 3 is 2.39 bits per heavy atom. The van der Waals surface area contributed by atoms with E-state index in [2.05, 4.69) is 39.0 Å². The third-order valence-corrected chi connectivity index (χ3v) is 6.65. The van der Waals surface area contributed by atoms with Gasteiger partial charge in [0.2, 0.25) is 0 Å². The highest BCUT2D eigenvalue weighted by Gasteiger charge is 2.43. The van der Waals surface area contributed by atoms with Crippen molar-refractivity contribution in [1.82, 2.24) is 0 Å². The first kappa shape index (κ1) is 23.6. The second-order valence-corrected chi connectivity index (χ2v) is 8.81. The van der Waals surface area contributed by atoms with Crippen molar-refractivity contribution in [3.05, 3.63) is 64.2 Å². The number of rotatable bonds is 7. The average Bonchev–Trinajstić information content (AvgIpc) is 2.75. The second-order valence-electron chi connectivity index (χ2n) is 8.40. The molecule has 0 aliphatic carbocycles. The highest BCUT2D eigenvalue weighted by molar-refractivity contribution is 6.31. The molecule has 1 aliphatic heterocycles. The van der Waals surface area contributed by atoms with Crippen molar-refractivity contribution in [3.63, 3.8) is 0 Å². The summed E-state index contributed by atoms with van der Waals surface area (Å²) in [5.41, 5.74) is 3.17. The molecule has 1 heterocycles. The molecule has 5 heteroatoms. The quantitative estimate of drug-likeness (QED) is 0.464. The highest BCUT2D eigenvalue weighted by atomic mass is 35.5. The summed E-state index contributed by atoms with van der Waals surface area (Å²) in [5.74, 6) is 1.08. The van der Waals surface area contributed by atoms with Gasteiger partial charge in [-0.25, -0.2) is 0 Å². The van der Waals surface area contributed by atoms with Crippen LogP contribution in [-0.2, 0) is 20.7 Å². The first-order chi connectivity index (χ1) is 14.8. The minimum absolute atomic E-state index is 0.122. The van der Waals surface area contributed by atoms with Gasteiger partial charge in [0.25, 0.3) is 0 Å². The maximum absolute atomic E-state index is 11.8. The van der Waals surface area contributed by atoms with Gasteiger partial charge in [0.15, 0.2) is 0 Å². The monoisotopic (exact) mass is 444 g/mol. The van der Waals surface area contributed by atoms with Gasteiger partial charge in [0.05, 0.1) is 12.7 Å². The third-order valence-electron chi connectivity index (χ3n) is 6.29. The summed E-state index contributed by atoms with van der Waals surface area (Å²) in [7, 11) is 0. The average molecular weight is 445 g/mol. The summed E-state index contributed by atoms with van der Waals surface area (Å²) in [5, 5.41) is 0.714. The molecule has 168 valence electrons. The van der Waals surface area contributed by atoms with Gasteiger partial charge in [0, 0.05) is 17.9 Å². The number of ether oxygens (including phenoxy) is 3. The van der Waals surface area contributed by atoms with Gasteiger partial charge in [-0.1, -0.05) is 56.6 Å². The van der Waals surface area contributed by atoms with Crippen LogP contribution in [0, 0.1) is 11.8 Å². The van der Waals surface area contributed by atoms with Crippen LogP contribution in [0.1, 0.15) is 63.8 Å². The van der Waals surface area contributed by atoms with Crippen molar-refractivity contribution in [3.8, 4) is 5.75 Å². The molecular weight excluding hydrogens is 412 g/mol. The van der Waals surface area contributed by atoms with Gasteiger partial charge < -0.3 is 14.2 Å². The molecule has 0 radical (unpaired) electrons. The Balaban J connectivity index is 1.89. The normalized spacial score (nSPS) is 25.8. The second kappa shape index (κ2) is 10.5. The van der Waals surface area contributed by atoms with Crippen LogP contribution in [0.15, 0.2) is 42.5 Å². The maximum Gasteiger partial charge on any atom is 0.303 e. The number of hydrogen-bond acceptors (Lipinski definition) is 4. The SMILES string of the molecule is CCOc1ccc(Cc2cc(C3O[C@H](CC)[C@@H](C)[C@H](C)[C@H]3OC(C)=O)ccc2Cl)cc1. The molecule has 0 aromatic heterocycles. The lowest BCUT2D eigenvalue weighted by Gasteiger charge is -2.44. The lowest BCUT2D eigenvalue weighted by atomic mass is 9.78. The zero-order valence-corrected chi connectivity index (χ0v) is 19.8. The predicted molar refractivity (Wildman–Crippen MR) is 124 cm³/mol. The van der Waals surface area contributed by atoms with Crippen molar-refractivity contribution < 1.29 is 19.0 Å². The van der Waals surface area contributed by atoms with Crippen molar-refractivity contribution in [2.45, 2.75) is 65.8 Å². The molecule has 0 N–H and O–H groups in total. The van der Waals surface area contributed by atoms with E-state index in [1.165, 1.54) is 6.92 Å². The molecular formula is C26H33ClO4. The van der Waals surface area contributed by atoms with E-state index in [1.54, 1.807) is 0 Å². The van der Waals surface area contributed by atoms with Gasteiger partial charge in [0.1, 0.15) is 18.0 Å². The standard InChI is InChI=1S/C26H33ClO4/c1-6-24-16(3)17(4)25(30-18(5)28)26(31-24)20-10-13-23(27)21(15-20)14-19-8-11-22(12-9-19)29-7-2/h8-13,15-17,24-26H,6-7,14H2,1-5H3/t16-,17-,24+,25+,26?/m0/s1. The van der Waals surface area contributed by atoms with E-state index in [1.807, 2.05) is 31.2 Å². The third kappa shape index (κ3) is 5.61. The minimum atomic E-state index is -0.324. The van der Waals surface area contributed by atoms with Crippen molar-refractivity contribution in [2.75, 3.05) is 6.61 Å². The number of benzene rings is 2. The summed E-state index contributed by atoms with van der Waals surface area (Å²) >= 11 is 6.54. The van der Waals surface area contributed by atoms with E-state index in [0.717, 1.165) is 28.9 Å². The van der Waals surface area contributed by atoms with Crippen molar-refractivity contribution in [1.29, 1.82) is 0 Å². The number of hydrogen-bond donors (Lipinski definition) is 0. The Morgan fingerprint density at radius 1 is 1.06 bits per heavy atom. The zero-order valence-electron chi connectivity index (χ0n) is 19.1. The molecule has 1 unspecified atom stereocenters. The molecule has 1 fully saturated rings. The van der Waals surface area contributed by atoms with E-state index >= 15 is 0 Å². The fourth-order valence-corrected chi connectivity index (χ4v) is 4.58. The molecule has 31 heavy (non-hydrogen) atoms. The van der Waals surface area contributed by atoms with Crippen LogP contribution in [0.4, 0.5) is 0 Å². The number of carbonyl (C=O) groups excluding carboxylic acids is 1. The maximum atomic E-state index is 11.8. The van der Waals surface area contributed by atoms with E-state index < -0.39 is 0 Å². The zero-order chi connectivity index (χ0) is 22.5. The van der Waals surface area contributed by atoms with Gasteiger partial charge in [-0.3, -0.25) is 4.79 Å². The van der Waals surface area contributed by atoms with Gasteiger partial charge in [-0.2, -0.15) is 0 Å². The van der Waals surface area contributed by atoms with Crippen LogP contribution in [0.25, 0.3) is 0 Å². The van der Waals surface area contributed by atoms with Gasteiger partial charge >= 0.3 is 5.97 Å². The lowest BCUT2D eigenvalue weighted by molar-refractivity contribution is -0.196. The topological polar surface area (TPSA) is 44.8 Å². The van der Waals surface area contributed by atoms with Crippen molar-refractivity contribution in [2.24, 2.45) is 11.8 Å². The Hall–Kier alpha value is -2.04. The van der Waals surface area contributed by atoms with Crippen LogP contribution in [0.2, 0.25) is 5.02 Å². The van der Waals surface area contributed by atoms with Crippen LogP contribution >= 0.6 is 11.6 Å². The lowest BCUT2D eigenvalue weighted by Crippen LogP contribution is -2.46. The van der Waals surface area contributed by atoms with Crippen LogP contribution in [0.3, 0.4) is 0 Å². The summed E-state index contributed by atoms with van der Waals surface area (Å²) in [4.78, 5) is 11.8. The number of carbonyl (C=O) groups is 1. The minimum Gasteiger partial charge on any atom is -0.494 e. The summed E-state index contributed by atoms with van der Waals surface area (Å²) in [6, 6.07) is 14.1. The molecule has 0 amide bonds. The molecule has 4 nitrogen and oxygen atoms in total. The van der Waals surface area contributed by atoms with Crippen LogP contribution in [0.5, 0.6) is 5.75 Å². The van der Waals surface area contributed by atoms with E-state index in [4.69, 9.17) is 25.8 Å². The summed E-state index contributed by atoms with van der Waals surface area (Å²) < 4.78 is 17.7. The van der Waals surface area contributed by atoms with E-state index in [0.29, 0.717) is 24.0 Å². The molecule has 1 saturated heterocycles. The summed E-state index contributed by atoms with van der Waals surface area (Å²) in [6.07, 6.45) is 1.11. The number of esters is 1. The molecule has 2 aromatic carbocycles. The van der Waals surface area contributed by atoms with Gasteiger partial charge in [-0.05, 0) is 60.6 Å². The molecule has 3 rings (SSSR count). The van der Waals surface area contributed by atoms with Gasteiger partial charge in [-0.15, -0.1) is 0 Å². The molecule has 2 aromatic rings. The van der Waals surface area contributed by atoms with Crippen LogP contribution < -0.4 is 4.74 Å². The predicted octanol–water partition coefficient (Wildman–Crippen LogP) is 6.38. The molecule has 0 saturated carbocycles. The molecule has 5 atom stereocenters. The largest absolute Gasteiger partial charge is 0.494 e. The summed E-state index contributed by atoms with van der Waals surface area (Å²) in [6.45, 7) is 10.5. The Bertz CT molecular complexity index is 879. The Kier molecular flexibility index (Phi) is 8.01. The van der Waals surface area contributed by atoms with E-state index in [-0.39, 0.29) is 30.2 Å². The van der Waals surface area contributed by atoms with Crippen LogP contribution in [-0.4, -0.2) is 24.8 Å². The fraction of sp³-hybridized carbons (Fsp3) is 0.500. The fourth-order valence-electron chi connectivity index (χ4n) is 4.40. The highest BCUT2D eigenvalue weighted by Crippen LogP contribution is 2.42. The van der Waals surface area contributed by atoms with Crippen molar-refractivity contribution >= 4 is 17.6 Å².